The Bertz CT molecular complexity index is 953. The lowest BCUT2D eigenvalue weighted by Gasteiger charge is -2.45. The highest BCUT2D eigenvalue weighted by molar-refractivity contribution is 8.01. The van der Waals surface area contributed by atoms with Gasteiger partial charge in [-0.25, -0.2) is 9.59 Å². The van der Waals surface area contributed by atoms with Crippen LogP contribution in [0.4, 0.5) is 0 Å². The molecule has 0 unspecified atom stereocenters. The van der Waals surface area contributed by atoms with Gasteiger partial charge in [0.15, 0.2) is 0 Å². The van der Waals surface area contributed by atoms with Gasteiger partial charge in [-0.3, -0.25) is 9.59 Å². The number of β-lactam (4-membered cyclic amide) rings is 1. The van der Waals surface area contributed by atoms with Gasteiger partial charge in [0.25, 0.3) is 5.91 Å². The molecule has 1 aromatic carbocycles. The quantitative estimate of drug-likeness (QED) is 0.477. The Hall–Kier alpha value is -2.59. The summed E-state index contributed by atoms with van der Waals surface area (Å²) in [6, 6.07) is 7.68. The van der Waals surface area contributed by atoms with E-state index in [0.717, 1.165) is 5.56 Å². The molecular formula is C23H28N2O7S. The summed E-state index contributed by atoms with van der Waals surface area (Å²) in [5, 5.41) is 10.3. The standard InChI is InChI=1S/C23H28N2O7S/c1-23(2)17(22(30)32-12-13-8-5-4-6-9-13)25-18(27)15(20(25)33-23)16(26)19(28)24-11-7-10-14(24)21(29)31-3/h4-6,8-9,14-17,20,26H,7,10-12H2,1-3H3/t14-,15+,16-,17-,20+/m0/s1. The minimum absolute atomic E-state index is 0.0953. The number of carbonyl (C=O) groups is 4. The number of methoxy groups -OCH3 is 1. The Balaban J connectivity index is 1.45. The van der Waals surface area contributed by atoms with Gasteiger partial charge in [-0.05, 0) is 32.3 Å². The van der Waals surface area contributed by atoms with E-state index in [1.807, 2.05) is 44.2 Å². The Morgan fingerprint density at radius 1 is 1.21 bits per heavy atom. The summed E-state index contributed by atoms with van der Waals surface area (Å²) in [4.78, 5) is 53.6. The van der Waals surface area contributed by atoms with Crippen LogP contribution in [-0.2, 0) is 35.3 Å². The third-order valence-corrected chi connectivity index (χ3v) is 8.12. The summed E-state index contributed by atoms with van der Waals surface area (Å²) in [5.74, 6) is -3.15. The number of thioether (sulfide) groups is 1. The van der Waals surface area contributed by atoms with Crippen LogP contribution in [0.3, 0.4) is 0 Å². The van der Waals surface area contributed by atoms with Crippen molar-refractivity contribution in [3.05, 3.63) is 35.9 Å². The SMILES string of the molecule is COC(=O)[C@@H]1CCCN1C(=O)[C@@H](O)[C@@H]1C(=O)N2[C@@H]1SC(C)(C)[C@@H]2C(=O)OCc1ccccc1. The molecule has 0 spiro atoms. The minimum atomic E-state index is -1.59. The first-order valence-electron chi connectivity index (χ1n) is 10.9. The molecule has 0 aromatic heterocycles. The second kappa shape index (κ2) is 8.98. The largest absolute Gasteiger partial charge is 0.467 e. The number of ether oxygens (including phenoxy) is 2. The average Bonchev–Trinajstić information content (AvgIpc) is 3.38. The van der Waals surface area contributed by atoms with E-state index in [1.165, 1.54) is 28.7 Å². The van der Waals surface area contributed by atoms with E-state index >= 15 is 0 Å². The number of esters is 2. The molecule has 3 heterocycles. The van der Waals surface area contributed by atoms with Gasteiger partial charge in [-0.1, -0.05) is 30.3 Å². The number of likely N-dealkylation sites (tertiary alicyclic amines) is 1. The van der Waals surface area contributed by atoms with Gasteiger partial charge in [0.2, 0.25) is 5.91 Å². The second-order valence-electron chi connectivity index (χ2n) is 9.04. The van der Waals surface area contributed by atoms with Gasteiger partial charge in [-0.2, -0.15) is 0 Å². The number of aliphatic hydroxyl groups excluding tert-OH is 1. The molecule has 4 rings (SSSR count). The Morgan fingerprint density at radius 3 is 2.58 bits per heavy atom. The molecule has 9 nitrogen and oxygen atoms in total. The molecule has 3 aliphatic rings. The van der Waals surface area contributed by atoms with Gasteiger partial charge >= 0.3 is 11.9 Å². The summed E-state index contributed by atoms with van der Waals surface area (Å²) in [5.41, 5.74) is 0.838. The van der Waals surface area contributed by atoms with Crippen molar-refractivity contribution in [3.8, 4) is 0 Å². The number of carbonyl (C=O) groups excluding carboxylic acids is 4. The first-order chi connectivity index (χ1) is 15.7. The predicted octanol–water partition coefficient (Wildman–Crippen LogP) is 0.933. The number of aliphatic hydroxyl groups is 1. The molecule has 178 valence electrons. The third kappa shape index (κ3) is 4.10. The highest BCUT2D eigenvalue weighted by Gasteiger charge is 2.66. The lowest BCUT2D eigenvalue weighted by atomic mass is 9.87. The van der Waals surface area contributed by atoms with Crippen LogP contribution in [0.25, 0.3) is 0 Å². The highest BCUT2D eigenvalue weighted by atomic mass is 32.2. The maximum atomic E-state index is 13.0. The smallest absolute Gasteiger partial charge is 0.330 e. The Morgan fingerprint density at radius 2 is 1.91 bits per heavy atom. The van der Waals surface area contributed by atoms with Crippen molar-refractivity contribution in [2.24, 2.45) is 5.92 Å². The molecule has 3 saturated heterocycles. The van der Waals surface area contributed by atoms with Crippen LogP contribution < -0.4 is 0 Å². The van der Waals surface area contributed by atoms with Crippen molar-refractivity contribution in [2.45, 2.75) is 61.6 Å². The monoisotopic (exact) mass is 476 g/mol. The van der Waals surface area contributed by atoms with E-state index in [1.54, 1.807) is 0 Å². The maximum absolute atomic E-state index is 13.0. The summed E-state index contributed by atoms with van der Waals surface area (Å²) in [6.45, 7) is 4.10. The van der Waals surface area contributed by atoms with Crippen molar-refractivity contribution < 1.29 is 33.8 Å². The first-order valence-corrected chi connectivity index (χ1v) is 11.8. The lowest BCUT2D eigenvalue weighted by Crippen LogP contribution is -2.67. The van der Waals surface area contributed by atoms with Crippen LogP contribution >= 0.6 is 11.8 Å². The maximum Gasteiger partial charge on any atom is 0.330 e. The number of amides is 2. The molecule has 3 fully saturated rings. The molecule has 0 radical (unpaired) electrons. The predicted molar refractivity (Wildman–Crippen MR) is 119 cm³/mol. The average molecular weight is 477 g/mol. The van der Waals surface area contributed by atoms with Gasteiger partial charge in [-0.15, -0.1) is 11.8 Å². The summed E-state index contributed by atoms with van der Waals surface area (Å²) in [7, 11) is 1.25. The van der Waals surface area contributed by atoms with Gasteiger partial charge in [0, 0.05) is 11.3 Å². The number of rotatable bonds is 6. The number of fused-ring (bicyclic) bond motifs is 1. The number of hydrogen-bond acceptors (Lipinski definition) is 8. The second-order valence-corrected chi connectivity index (χ2v) is 10.8. The van der Waals surface area contributed by atoms with Crippen molar-refractivity contribution in [1.82, 2.24) is 9.80 Å². The van der Waals surface area contributed by atoms with Gasteiger partial charge in [0.1, 0.15) is 30.7 Å². The van der Waals surface area contributed by atoms with Crippen LogP contribution in [0.1, 0.15) is 32.3 Å². The van der Waals surface area contributed by atoms with Crippen molar-refractivity contribution in [1.29, 1.82) is 0 Å². The Kier molecular flexibility index (Phi) is 6.41. The molecule has 0 bridgehead atoms. The highest BCUT2D eigenvalue weighted by Crippen LogP contribution is 2.54. The van der Waals surface area contributed by atoms with Gasteiger partial charge < -0.3 is 24.4 Å². The van der Waals surface area contributed by atoms with E-state index in [2.05, 4.69) is 0 Å². The van der Waals surface area contributed by atoms with Crippen molar-refractivity contribution in [3.63, 3.8) is 0 Å². The third-order valence-electron chi connectivity index (χ3n) is 6.53. The van der Waals surface area contributed by atoms with E-state index in [9.17, 15) is 24.3 Å². The molecule has 2 amide bonds. The molecule has 3 aliphatic heterocycles. The fraction of sp³-hybridized carbons (Fsp3) is 0.565. The summed E-state index contributed by atoms with van der Waals surface area (Å²) in [6.07, 6.45) is -0.522. The van der Waals surface area contributed by atoms with E-state index in [4.69, 9.17) is 9.47 Å². The molecule has 0 saturated carbocycles. The summed E-state index contributed by atoms with van der Waals surface area (Å²) >= 11 is 1.37. The minimum Gasteiger partial charge on any atom is -0.467 e. The molecule has 5 atom stereocenters. The van der Waals surface area contributed by atoms with Crippen LogP contribution in [0.2, 0.25) is 0 Å². The topological polar surface area (TPSA) is 113 Å². The molecule has 33 heavy (non-hydrogen) atoms. The number of benzene rings is 1. The molecule has 10 heteroatoms. The van der Waals surface area contributed by atoms with Gasteiger partial charge in [0.05, 0.1) is 12.5 Å². The normalized spacial score (nSPS) is 28.7. The number of hydrogen-bond donors (Lipinski definition) is 1. The summed E-state index contributed by atoms with van der Waals surface area (Å²) < 4.78 is 9.59. The van der Waals surface area contributed by atoms with Crippen LogP contribution in [0.15, 0.2) is 30.3 Å². The fourth-order valence-electron chi connectivity index (χ4n) is 4.86. The molecule has 1 aromatic rings. The molecular weight excluding hydrogens is 448 g/mol. The fourth-order valence-corrected chi connectivity index (χ4v) is 6.57. The first kappa shape index (κ1) is 23.6. The molecule has 1 N–H and O–H groups in total. The molecule has 0 aliphatic carbocycles. The number of nitrogens with zero attached hydrogens (tertiary/aromatic N) is 2. The van der Waals surface area contributed by atoms with E-state index < -0.39 is 58.0 Å². The zero-order valence-electron chi connectivity index (χ0n) is 18.8. The van der Waals surface area contributed by atoms with E-state index in [0.29, 0.717) is 19.4 Å². The zero-order chi connectivity index (χ0) is 23.9. The van der Waals surface area contributed by atoms with Crippen molar-refractivity contribution in [2.75, 3.05) is 13.7 Å². The van der Waals surface area contributed by atoms with Crippen LogP contribution in [0.5, 0.6) is 0 Å². The van der Waals surface area contributed by atoms with Crippen LogP contribution in [0, 0.1) is 5.92 Å². The van der Waals surface area contributed by atoms with Crippen LogP contribution in [-0.4, -0.2) is 80.6 Å². The van der Waals surface area contributed by atoms with E-state index in [-0.39, 0.29) is 6.61 Å². The Labute approximate surface area is 196 Å². The lowest BCUT2D eigenvalue weighted by molar-refractivity contribution is -0.176. The van der Waals surface area contributed by atoms with Crippen molar-refractivity contribution >= 4 is 35.5 Å². The zero-order valence-corrected chi connectivity index (χ0v) is 19.6.